The van der Waals surface area contributed by atoms with E-state index >= 15 is 0 Å². The van der Waals surface area contributed by atoms with Crippen LogP contribution < -0.4 is 10.7 Å². The number of pyridine rings is 2. The lowest BCUT2D eigenvalue weighted by atomic mass is 10.1. The standard InChI is InChI=1S/C28H35N5O5/c1-28(2,3)38-27(36)31(4)11-12-33-17-23(26(35)32(5)37-6)24(34)22-15-21(16-29-25(22)33)30-20-13-18-9-7-8-10-19(18)14-20/h7-10,15-17,20,30H,11-14H2,1-6H3. The molecule has 0 unspecified atom stereocenters. The van der Waals surface area contributed by atoms with E-state index in [9.17, 15) is 14.4 Å². The van der Waals surface area contributed by atoms with Crippen LogP contribution in [-0.2, 0) is 29.0 Å². The first-order valence-corrected chi connectivity index (χ1v) is 12.6. The van der Waals surface area contributed by atoms with E-state index < -0.39 is 23.0 Å². The first-order valence-electron chi connectivity index (χ1n) is 12.6. The number of rotatable bonds is 7. The lowest BCUT2D eigenvalue weighted by molar-refractivity contribution is -0.0758. The van der Waals surface area contributed by atoms with Crippen LogP contribution >= 0.6 is 0 Å². The van der Waals surface area contributed by atoms with Gasteiger partial charge in [-0.2, -0.15) is 0 Å². The number of fused-ring (bicyclic) bond motifs is 2. The molecular weight excluding hydrogens is 486 g/mol. The second kappa shape index (κ2) is 10.8. The van der Waals surface area contributed by atoms with Crippen LogP contribution in [0.25, 0.3) is 11.0 Å². The van der Waals surface area contributed by atoms with Gasteiger partial charge in [-0.15, -0.1) is 0 Å². The second-order valence-electron chi connectivity index (χ2n) is 10.6. The van der Waals surface area contributed by atoms with Crippen molar-refractivity contribution in [3.63, 3.8) is 0 Å². The van der Waals surface area contributed by atoms with Gasteiger partial charge in [-0.25, -0.2) is 14.8 Å². The zero-order valence-electron chi connectivity index (χ0n) is 22.8. The fourth-order valence-electron chi connectivity index (χ4n) is 4.51. The minimum atomic E-state index is -0.620. The highest BCUT2D eigenvalue weighted by molar-refractivity contribution is 5.96. The largest absolute Gasteiger partial charge is 0.444 e. The van der Waals surface area contributed by atoms with Crippen LogP contribution in [0.4, 0.5) is 10.5 Å². The lowest BCUT2D eigenvalue weighted by Gasteiger charge is -2.25. The number of amides is 2. The Bertz CT molecular complexity index is 1390. The van der Waals surface area contributed by atoms with E-state index in [0.717, 1.165) is 17.9 Å². The summed E-state index contributed by atoms with van der Waals surface area (Å²) in [5, 5.41) is 4.81. The van der Waals surface area contributed by atoms with Crippen molar-refractivity contribution in [1.29, 1.82) is 0 Å². The maximum absolute atomic E-state index is 13.4. The second-order valence-corrected chi connectivity index (χ2v) is 10.6. The van der Waals surface area contributed by atoms with Crippen molar-refractivity contribution in [1.82, 2.24) is 19.5 Å². The molecule has 10 heteroatoms. The number of anilines is 1. The predicted molar refractivity (Wildman–Crippen MR) is 145 cm³/mol. The van der Waals surface area contributed by atoms with Gasteiger partial charge < -0.3 is 19.5 Å². The SMILES string of the molecule is CON(C)C(=O)c1cn(CCN(C)C(=O)OC(C)(C)C)c2ncc(NC3Cc4ccccc4C3)cc2c1=O. The van der Waals surface area contributed by atoms with E-state index in [-0.39, 0.29) is 18.2 Å². The summed E-state index contributed by atoms with van der Waals surface area (Å²) in [4.78, 5) is 49.9. The van der Waals surface area contributed by atoms with Crippen molar-refractivity contribution in [2.75, 3.05) is 33.1 Å². The number of likely N-dealkylation sites (N-methyl/N-ethyl adjacent to an activating group) is 1. The number of nitrogens with zero attached hydrogens (tertiary/aromatic N) is 4. The van der Waals surface area contributed by atoms with Crippen molar-refractivity contribution in [2.45, 2.75) is 51.8 Å². The number of hydrogen-bond donors (Lipinski definition) is 1. The number of ether oxygens (including phenoxy) is 1. The fraction of sp³-hybridized carbons (Fsp3) is 0.429. The Balaban J connectivity index is 1.64. The van der Waals surface area contributed by atoms with Gasteiger partial charge in [-0.05, 0) is 50.8 Å². The molecule has 1 N–H and O–H groups in total. The topological polar surface area (TPSA) is 106 Å². The van der Waals surface area contributed by atoms with Crippen molar-refractivity contribution in [3.8, 4) is 0 Å². The summed E-state index contributed by atoms with van der Waals surface area (Å²) in [6.07, 6.45) is 4.47. The molecule has 0 bridgehead atoms. The van der Waals surface area contributed by atoms with E-state index in [1.54, 1.807) is 44.6 Å². The van der Waals surface area contributed by atoms with E-state index in [4.69, 9.17) is 9.57 Å². The summed E-state index contributed by atoms with van der Waals surface area (Å²) < 4.78 is 7.14. The Labute approximate surface area is 222 Å². The minimum Gasteiger partial charge on any atom is -0.444 e. The quantitative estimate of drug-likeness (QED) is 0.475. The van der Waals surface area contributed by atoms with Crippen LogP contribution in [0.1, 0.15) is 42.3 Å². The Hall–Kier alpha value is -3.92. The molecule has 0 saturated heterocycles. The number of benzene rings is 1. The molecule has 0 aliphatic heterocycles. The van der Waals surface area contributed by atoms with Crippen LogP contribution in [-0.4, -0.2) is 70.9 Å². The van der Waals surface area contributed by atoms with Gasteiger partial charge in [0.2, 0.25) is 5.43 Å². The summed E-state index contributed by atoms with van der Waals surface area (Å²) in [5.74, 6) is -0.571. The smallest absolute Gasteiger partial charge is 0.410 e. The predicted octanol–water partition coefficient (Wildman–Crippen LogP) is 3.48. The first-order chi connectivity index (χ1) is 18.0. The van der Waals surface area contributed by atoms with Crippen LogP contribution in [0.5, 0.6) is 0 Å². The fourth-order valence-corrected chi connectivity index (χ4v) is 4.51. The molecule has 202 valence electrons. The maximum Gasteiger partial charge on any atom is 0.410 e. The van der Waals surface area contributed by atoms with Gasteiger partial charge in [0.1, 0.15) is 16.8 Å². The molecule has 0 fully saturated rings. The molecule has 0 radical (unpaired) electrons. The van der Waals surface area contributed by atoms with E-state index in [1.807, 2.05) is 12.1 Å². The highest BCUT2D eigenvalue weighted by atomic mass is 16.7. The zero-order valence-corrected chi connectivity index (χ0v) is 22.8. The molecule has 0 atom stereocenters. The summed E-state index contributed by atoms with van der Waals surface area (Å²) in [6.45, 7) is 5.98. The van der Waals surface area contributed by atoms with Gasteiger partial charge in [0, 0.05) is 39.4 Å². The van der Waals surface area contributed by atoms with Gasteiger partial charge in [0.15, 0.2) is 0 Å². The van der Waals surface area contributed by atoms with Crippen LogP contribution in [0.2, 0.25) is 0 Å². The molecular formula is C28H35N5O5. The number of hydrogen-bond acceptors (Lipinski definition) is 7. The molecule has 1 aliphatic carbocycles. The number of nitrogens with one attached hydrogen (secondary N) is 1. The van der Waals surface area contributed by atoms with Crippen molar-refractivity contribution in [2.24, 2.45) is 0 Å². The zero-order chi connectivity index (χ0) is 27.6. The number of carbonyl (C=O) groups excluding carboxylic acids is 2. The Morgan fingerprint density at radius 3 is 2.42 bits per heavy atom. The lowest BCUT2D eigenvalue weighted by Crippen LogP contribution is -2.36. The van der Waals surface area contributed by atoms with E-state index in [2.05, 4.69) is 22.4 Å². The average molecular weight is 522 g/mol. The van der Waals surface area contributed by atoms with Gasteiger partial charge in [-0.3, -0.25) is 14.4 Å². The molecule has 2 aromatic heterocycles. The summed E-state index contributed by atoms with van der Waals surface area (Å²) in [6, 6.07) is 10.3. The van der Waals surface area contributed by atoms with Gasteiger partial charge in [0.05, 0.1) is 24.4 Å². The monoisotopic (exact) mass is 521 g/mol. The molecule has 1 aromatic carbocycles. The Kier molecular flexibility index (Phi) is 7.73. The molecule has 0 saturated carbocycles. The van der Waals surface area contributed by atoms with Gasteiger partial charge >= 0.3 is 6.09 Å². The first kappa shape index (κ1) is 27.1. The number of hydroxylamine groups is 2. The normalized spacial score (nSPS) is 13.3. The summed E-state index contributed by atoms with van der Waals surface area (Å²) >= 11 is 0. The van der Waals surface area contributed by atoms with Gasteiger partial charge in [0.25, 0.3) is 5.91 Å². The highest BCUT2D eigenvalue weighted by Gasteiger charge is 2.24. The third-order valence-electron chi connectivity index (χ3n) is 6.51. The number of aromatic nitrogens is 2. The average Bonchev–Trinajstić information content (AvgIpc) is 3.28. The van der Waals surface area contributed by atoms with Crippen molar-refractivity contribution in [3.05, 3.63) is 69.6 Å². The Morgan fingerprint density at radius 1 is 1.16 bits per heavy atom. The molecule has 4 rings (SSSR count). The molecule has 0 spiro atoms. The third-order valence-corrected chi connectivity index (χ3v) is 6.51. The molecule has 38 heavy (non-hydrogen) atoms. The maximum atomic E-state index is 13.4. The van der Waals surface area contributed by atoms with Crippen LogP contribution in [0, 0.1) is 0 Å². The minimum absolute atomic E-state index is 0.0472. The summed E-state index contributed by atoms with van der Waals surface area (Å²) in [7, 11) is 4.44. The third kappa shape index (κ3) is 5.96. The molecule has 1 aliphatic rings. The highest BCUT2D eigenvalue weighted by Crippen LogP contribution is 2.25. The molecule has 2 amide bonds. The molecule has 2 heterocycles. The Morgan fingerprint density at radius 2 is 1.82 bits per heavy atom. The molecule has 3 aromatic rings. The van der Waals surface area contributed by atoms with Gasteiger partial charge in [-0.1, -0.05) is 24.3 Å². The van der Waals surface area contributed by atoms with Crippen LogP contribution in [0.15, 0.2) is 47.5 Å². The van der Waals surface area contributed by atoms with Crippen LogP contribution in [0.3, 0.4) is 0 Å². The van der Waals surface area contributed by atoms with E-state index in [1.165, 1.54) is 36.4 Å². The molecule has 10 nitrogen and oxygen atoms in total. The van der Waals surface area contributed by atoms with E-state index in [0.29, 0.717) is 23.3 Å². The van der Waals surface area contributed by atoms with Crippen molar-refractivity contribution >= 4 is 28.7 Å². The summed E-state index contributed by atoms with van der Waals surface area (Å²) in [5.41, 5.74) is 2.65. The van der Waals surface area contributed by atoms with Crippen molar-refractivity contribution < 1.29 is 19.2 Å². The number of carbonyl (C=O) groups is 2.